The van der Waals surface area contributed by atoms with E-state index in [0.717, 1.165) is 47.6 Å². The predicted molar refractivity (Wildman–Crippen MR) is 79.0 cm³/mol. The van der Waals surface area contributed by atoms with E-state index in [2.05, 4.69) is 45.3 Å². The lowest BCUT2D eigenvalue weighted by atomic mass is 10.3. The summed E-state index contributed by atoms with van der Waals surface area (Å²) in [6.45, 7) is 6.71. The Hall–Kier alpha value is -1.14. The molecular formula is C13H20BrN5. The topological polar surface area (TPSA) is 47.7 Å². The van der Waals surface area contributed by atoms with Gasteiger partial charge in [0, 0.05) is 19.8 Å². The van der Waals surface area contributed by atoms with E-state index in [1.807, 2.05) is 28.7 Å². The number of nitrogens with one attached hydrogen (secondary N) is 1. The fourth-order valence-electron chi connectivity index (χ4n) is 1.98. The van der Waals surface area contributed by atoms with Gasteiger partial charge >= 0.3 is 0 Å². The second-order valence-electron chi connectivity index (χ2n) is 4.47. The van der Waals surface area contributed by atoms with Gasteiger partial charge in [0.15, 0.2) is 0 Å². The lowest BCUT2D eigenvalue weighted by molar-refractivity contribution is 0.601. The van der Waals surface area contributed by atoms with E-state index in [1.54, 1.807) is 0 Å². The normalized spacial score (nSPS) is 11.2. The molecule has 0 unspecified atom stereocenters. The highest BCUT2D eigenvalue weighted by atomic mass is 79.9. The maximum Gasteiger partial charge on any atom is 0.0839 e. The average molecular weight is 326 g/mol. The lowest BCUT2D eigenvalue weighted by Crippen LogP contribution is -2.13. The van der Waals surface area contributed by atoms with Crippen molar-refractivity contribution in [2.45, 2.75) is 33.4 Å². The van der Waals surface area contributed by atoms with Crippen molar-refractivity contribution >= 4 is 15.9 Å². The molecule has 0 radical (unpaired) electrons. The van der Waals surface area contributed by atoms with E-state index >= 15 is 0 Å². The molecule has 0 bridgehead atoms. The van der Waals surface area contributed by atoms with Gasteiger partial charge in [-0.1, -0.05) is 13.8 Å². The third-order valence-corrected chi connectivity index (χ3v) is 3.98. The first-order valence-electron chi connectivity index (χ1n) is 6.59. The number of aromatic nitrogens is 4. The molecule has 104 valence electrons. The van der Waals surface area contributed by atoms with Crippen LogP contribution in [0.25, 0.3) is 0 Å². The molecule has 0 aliphatic heterocycles. The molecule has 2 rings (SSSR count). The molecule has 1 N–H and O–H groups in total. The van der Waals surface area contributed by atoms with E-state index in [0.29, 0.717) is 0 Å². The first kappa shape index (κ1) is 14.3. The van der Waals surface area contributed by atoms with Crippen LogP contribution in [0.3, 0.4) is 0 Å². The number of hydrogen-bond acceptors (Lipinski definition) is 3. The van der Waals surface area contributed by atoms with Gasteiger partial charge in [-0.25, -0.2) is 0 Å². The van der Waals surface area contributed by atoms with Crippen molar-refractivity contribution in [2.24, 2.45) is 7.05 Å². The number of hydrogen-bond donors (Lipinski definition) is 1. The van der Waals surface area contributed by atoms with Gasteiger partial charge in [0.2, 0.25) is 0 Å². The Bertz CT molecular complexity index is 543. The van der Waals surface area contributed by atoms with Crippen molar-refractivity contribution in [3.05, 3.63) is 33.8 Å². The van der Waals surface area contributed by atoms with Crippen LogP contribution in [-0.2, 0) is 26.6 Å². The van der Waals surface area contributed by atoms with Crippen molar-refractivity contribution in [2.75, 3.05) is 6.54 Å². The van der Waals surface area contributed by atoms with E-state index in [1.165, 1.54) is 0 Å². The SMILES string of the molecule is CCNCc1ccn(Cc2c(Br)c(CC)nn2C)n1. The molecule has 0 saturated carbocycles. The fraction of sp³-hybridized carbons (Fsp3) is 0.538. The third-order valence-electron chi connectivity index (χ3n) is 3.07. The van der Waals surface area contributed by atoms with Gasteiger partial charge in [-0.2, -0.15) is 10.2 Å². The van der Waals surface area contributed by atoms with Gasteiger partial charge < -0.3 is 5.32 Å². The third kappa shape index (κ3) is 3.25. The molecule has 5 nitrogen and oxygen atoms in total. The molecule has 0 saturated heterocycles. The molecule has 19 heavy (non-hydrogen) atoms. The standard InChI is InChI=1S/C13H20BrN5/c1-4-11-13(14)12(18(3)17-11)9-19-7-6-10(16-19)8-15-5-2/h6-7,15H,4-5,8-9H2,1-3H3. The van der Waals surface area contributed by atoms with Gasteiger partial charge in [0.1, 0.15) is 0 Å². The van der Waals surface area contributed by atoms with Crippen LogP contribution in [0.2, 0.25) is 0 Å². The van der Waals surface area contributed by atoms with Crippen LogP contribution in [0.1, 0.15) is 30.9 Å². The molecule has 2 aromatic heterocycles. The second-order valence-corrected chi connectivity index (χ2v) is 5.26. The van der Waals surface area contributed by atoms with Crippen molar-refractivity contribution in [3.63, 3.8) is 0 Å². The summed E-state index contributed by atoms with van der Waals surface area (Å²) in [7, 11) is 1.97. The van der Waals surface area contributed by atoms with Crippen LogP contribution < -0.4 is 5.32 Å². The lowest BCUT2D eigenvalue weighted by Gasteiger charge is -2.03. The molecule has 0 aliphatic rings. The summed E-state index contributed by atoms with van der Waals surface area (Å²) >= 11 is 3.63. The summed E-state index contributed by atoms with van der Waals surface area (Å²) in [6, 6.07) is 2.05. The molecule has 6 heteroatoms. The van der Waals surface area contributed by atoms with Gasteiger partial charge in [-0.3, -0.25) is 9.36 Å². The maximum absolute atomic E-state index is 4.55. The summed E-state index contributed by atoms with van der Waals surface area (Å²) in [5.41, 5.74) is 3.31. The first-order valence-corrected chi connectivity index (χ1v) is 7.38. The number of nitrogens with zero attached hydrogens (tertiary/aromatic N) is 4. The molecule has 0 fully saturated rings. The van der Waals surface area contributed by atoms with Crippen molar-refractivity contribution < 1.29 is 0 Å². The fourth-order valence-corrected chi connectivity index (χ4v) is 2.73. The van der Waals surface area contributed by atoms with Gasteiger partial charge in [0.25, 0.3) is 0 Å². The minimum absolute atomic E-state index is 0.732. The van der Waals surface area contributed by atoms with Crippen LogP contribution >= 0.6 is 15.9 Å². The molecule has 0 spiro atoms. The molecule has 2 heterocycles. The summed E-state index contributed by atoms with van der Waals surface area (Å²) < 4.78 is 4.98. The summed E-state index contributed by atoms with van der Waals surface area (Å²) in [5.74, 6) is 0. The first-order chi connectivity index (χ1) is 9.15. The minimum atomic E-state index is 0.732. The highest BCUT2D eigenvalue weighted by molar-refractivity contribution is 9.10. The Kier molecular flexibility index (Phi) is 4.76. The zero-order valence-electron chi connectivity index (χ0n) is 11.6. The van der Waals surface area contributed by atoms with Crippen molar-refractivity contribution in [3.8, 4) is 0 Å². The Morgan fingerprint density at radius 2 is 2.11 bits per heavy atom. The molecule has 2 aromatic rings. The molecule has 0 aliphatic carbocycles. The van der Waals surface area contributed by atoms with E-state index in [4.69, 9.17) is 0 Å². The molecule has 0 amide bonds. The van der Waals surface area contributed by atoms with Crippen LogP contribution in [0.5, 0.6) is 0 Å². The van der Waals surface area contributed by atoms with Gasteiger partial charge in [-0.05, 0) is 35.0 Å². The van der Waals surface area contributed by atoms with Gasteiger partial charge in [-0.15, -0.1) is 0 Å². The Labute approximate surface area is 122 Å². The van der Waals surface area contributed by atoms with Crippen LogP contribution in [-0.4, -0.2) is 26.1 Å². The van der Waals surface area contributed by atoms with E-state index < -0.39 is 0 Å². The maximum atomic E-state index is 4.55. The van der Waals surface area contributed by atoms with E-state index in [9.17, 15) is 0 Å². The Morgan fingerprint density at radius 1 is 1.32 bits per heavy atom. The van der Waals surface area contributed by atoms with Crippen LogP contribution in [0.15, 0.2) is 16.7 Å². The number of rotatable bonds is 6. The van der Waals surface area contributed by atoms with Crippen molar-refractivity contribution in [1.82, 2.24) is 24.9 Å². The van der Waals surface area contributed by atoms with E-state index in [-0.39, 0.29) is 0 Å². The smallest absolute Gasteiger partial charge is 0.0839 e. The van der Waals surface area contributed by atoms with Crippen LogP contribution in [0, 0.1) is 0 Å². The molecular weight excluding hydrogens is 306 g/mol. The highest BCUT2D eigenvalue weighted by Crippen LogP contribution is 2.22. The number of aryl methyl sites for hydroxylation is 2. The molecule has 0 atom stereocenters. The largest absolute Gasteiger partial charge is 0.311 e. The summed E-state index contributed by atoms with van der Waals surface area (Å²) in [5, 5.41) is 12.3. The second kappa shape index (κ2) is 6.34. The quantitative estimate of drug-likeness (QED) is 0.884. The zero-order valence-corrected chi connectivity index (χ0v) is 13.2. The molecule has 0 aromatic carbocycles. The zero-order chi connectivity index (χ0) is 13.8. The minimum Gasteiger partial charge on any atom is -0.311 e. The highest BCUT2D eigenvalue weighted by Gasteiger charge is 2.13. The van der Waals surface area contributed by atoms with Gasteiger partial charge in [0.05, 0.1) is 28.1 Å². The summed E-state index contributed by atoms with van der Waals surface area (Å²) in [6.07, 6.45) is 2.94. The number of halogens is 1. The average Bonchev–Trinajstić information content (AvgIpc) is 2.96. The Balaban J connectivity index is 2.12. The predicted octanol–water partition coefficient (Wildman–Crippen LogP) is 2.10. The van der Waals surface area contributed by atoms with Crippen LogP contribution in [0.4, 0.5) is 0 Å². The van der Waals surface area contributed by atoms with Crippen molar-refractivity contribution in [1.29, 1.82) is 0 Å². The monoisotopic (exact) mass is 325 g/mol. The Morgan fingerprint density at radius 3 is 2.74 bits per heavy atom. The summed E-state index contributed by atoms with van der Waals surface area (Å²) in [4.78, 5) is 0.